The van der Waals surface area contributed by atoms with Gasteiger partial charge >= 0.3 is 0 Å². The molecule has 27 heavy (non-hydrogen) atoms. The number of benzene rings is 2. The van der Waals surface area contributed by atoms with Gasteiger partial charge in [0.15, 0.2) is 0 Å². The van der Waals surface area contributed by atoms with Crippen LogP contribution in [0.1, 0.15) is 30.6 Å². The van der Waals surface area contributed by atoms with E-state index in [1.54, 1.807) is 12.1 Å². The predicted molar refractivity (Wildman–Crippen MR) is 102 cm³/mol. The molecular formula is C18H21N3O5S. The molecule has 9 heteroatoms. The van der Waals surface area contributed by atoms with Crippen molar-refractivity contribution in [2.45, 2.75) is 25.2 Å². The van der Waals surface area contributed by atoms with Crippen LogP contribution in [0.3, 0.4) is 0 Å². The fourth-order valence-corrected chi connectivity index (χ4v) is 3.19. The van der Waals surface area contributed by atoms with Crippen molar-refractivity contribution in [3.63, 3.8) is 0 Å². The molecule has 2 rings (SSSR count). The highest BCUT2D eigenvalue weighted by molar-refractivity contribution is 7.90. The Labute approximate surface area is 157 Å². The average Bonchev–Trinajstić information content (AvgIpc) is 2.60. The van der Waals surface area contributed by atoms with Crippen LogP contribution < -0.4 is 20.5 Å². The summed E-state index contributed by atoms with van der Waals surface area (Å²) < 4.78 is 31.1. The fourth-order valence-electron chi connectivity index (χ4n) is 2.20. The van der Waals surface area contributed by atoms with E-state index in [4.69, 9.17) is 10.5 Å². The summed E-state index contributed by atoms with van der Waals surface area (Å²) in [6, 6.07) is 10.2. The molecule has 0 atom stereocenters. The van der Waals surface area contributed by atoms with E-state index >= 15 is 0 Å². The van der Waals surface area contributed by atoms with Gasteiger partial charge in [-0.3, -0.25) is 9.59 Å². The summed E-state index contributed by atoms with van der Waals surface area (Å²) in [5.41, 5.74) is 6.98. The monoisotopic (exact) mass is 391 g/mol. The Morgan fingerprint density at radius 3 is 2.33 bits per heavy atom. The van der Waals surface area contributed by atoms with Crippen LogP contribution in [0.4, 0.5) is 11.4 Å². The lowest BCUT2D eigenvalue weighted by molar-refractivity contribution is -0.117. The van der Waals surface area contributed by atoms with Crippen molar-refractivity contribution < 1.29 is 22.7 Å². The molecule has 0 radical (unpaired) electrons. The number of hydrogen-bond donors (Lipinski definition) is 3. The van der Waals surface area contributed by atoms with Crippen LogP contribution in [0.25, 0.3) is 0 Å². The van der Waals surface area contributed by atoms with Gasteiger partial charge in [-0.1, -0.05) is 6.92 Å². The van der Waals surface area contributed by atoms with Crippen molar-refractivity contribution in [3.8, 4) is 5.75 Å². The maximum atomic E-state index is 12.3. The largest absolute Gasteiger partial charge is 0.491 e. The zero-order valence-corrected chi connectivity index (χ0v) is 15.8. The van der Waals surface area contributed by atoms with E-state index in [-0.39, 0.29) is 4.90 Å². The Hall–Kier alpha value is -3.07. The summed E-state index contributed by atoms with van der Waals surface area (Å²) in [6.45, 7) is 3.62. The summed E-state index contributed by atoms with van der Waals surface area (Å²) in [7, 11) is -3.92. The van der Waals surface area contributed by atoms with Crippen molar-refractivity contribution >= 4 is 33.2 Å². The molecule has 0 bridgehead atoms. The molecule has 0 saturated carbocycles. The molecule has 144 valence electrons. The number of sulfonamides is 1. The number of carbonyl (C=O) groups is 2. The Kier molecular flexibility index (Phi) is 6.40. The molecule has 0 fully saturated rings. The van der Waals surface area contributed by atoms with Crippen molar-refractivity contribution in [1.29, 1.82) is 0 Å². The average molecular weight is 391 g/mol. The highest BCUT2D eigenvalue weighted by atomic mass is 32.2. The highest BCUT2D eigenvalue weighted by Crippen LogP contribution is 2.23. The van der Waals surface area contributed by atoms with Crippen molar-refractivity contribution in [2.75, 3.05) is 17.7 Å². The standard InChI is InChI=1S/C18H21N3O5S/c1-3-10-26-17-9-4-13(11-16(17)19)18(23)20-14-5-7-15(8-6-14)27(24,25)21-12(2)22/h4-9,11H,3,10,19H2,1-2H3,(H,20,23)(H,21,22). The minimum atomic E-state index is -3.92. The number of carbonyl (C=O) groups excluding carboxylic acids is 2. The molecule has 2 amide bonds. The molecule has 0 aromatic heterocycles. The second-order valence-corrected chi connectivity index (χ2v) is 7.42. The summed E-state index contributed by atoms with van der Waals surface area (Å²) in [4.78, 5) is 23.2. The Bertz CT molecular complexity index is 940. The highest BCUT2D eigenvalue weighted by Gasteiger charge is 2.15. The lowest BCUT2D eigenvalue weighted by Gasteiger charge is -2.10. The van der Waals surface area contributed by atoms with Gasteiger partial charge in [-0.2, -0.15) is 0 Å². The van der Waals surface area contributed by atoms with E-state index in [2.05, 4.69) is 5.32 Å². The summed E-state index contributed by atoms with van der Waals surface area (Å²) in [5, 5.41) is 2.65. The molecular weight excluding hydrogens is 370 g/mol. The van der Waals surface area contributed by atoms with E-state index in [0.29, 0.717) is 29.3 Å². The number of ether oxygens (including phenoxy) is 1. The number of nitrogens with two attached hydrogens (primary N) is 1. The zero-order chi connectivity index (χ0) is 20.0. The quantitative estimate of drug-likeness (QED) is 0.621. The van der Waals surface area contributed by atoms with Crippen LogP contribution in [0, 0.1) is 0 Å². The molecule has 0 spiro atoms. The zero-order valence-electron chi connectivity index (χ0n) is 15.0. The van der Waals surface area contributed by atoms with E-state index in [0.717, 1.165) is 13.3 Å². The van der Waals surface area contributed by atoms with Gasteiger partial charge in [0.2, 0.25) is 5.91 Å². The van der Waals surface area contributed by atoms with Crippen LogP contribution in [-0.4, -0.2) is 26.8 Å². The fraction of sp³-hybridized carbons (Fsp3) is 0.222. The maximum absolute atomic E-state index is 12.3. The lowest BCUT2D eigenvalue weighted by atomic mass is 10.1. The Morgan fingerprint density at radius 1 is 1.11 bits per heavy atom. The second kappa shape index (κ2) is 8.54. The Balaban J connectivity index is 2.10. The molecule has 0 saturated heterocycles. The van der Waals surface area contributed by atoms with Crippen LogP contribution in [0.15, 0.2) is 47.4 Å². The summed E-state index contributed by atoms with van der Waals surface area (Å²) >= 11 is 0. The van der Waals surface area contributed by atoms with Gasteiger partial charge < -0.3 is 15.8 Å². The number of amides is 2. The summed E-state index contributed by atoms with van der Waals surface area (Å²) in [5.74, 6) is -0.571. The van der Waals surface area contributed by atoms with E-state index < -0.39 is 21.8 Å². The van der Waals surface area contributed by atoms with Crippen LogP contribution >= 0.6 is 0 Å². The number of nitrogens with one attached hydrogen (secondary N) is 2. The first-order valence-electron chi connectivity index (χ1n) is 8.20. The minimum Gasteiger partial charge on any atom is -0.491 e. The molecule has 0 aliphatic heterocycles. The van der Waals surface area contributed by atoms with Gasteiger partial charge in [-0.15, -0.1) is 0 Å². The smallest absolute Gasteiger partial charge is 0.264 e. The van der Waals surface area contributed by atoms with Gasteiger partial charge in [0, 0.05) is 18.2 Å². The minimum absolute atomic E-state index is 0.0858. The van der Waals surface area contributed by atoms with Gasteiger partial charge in [-0.25, -0.2) is 13.1 Å². The molecule has 0 unspecified atom stereocenters. The summed E-state index contributed by atoms with van der Waals surface area (Å²) in [6.07, 6.45) is 0.843. The van der Waals surface area contributed by atoms with E-state index in [1.165, 1.54) is 30.3 Å². The van der Waals surface area contributed by atoms with Crippen molar-refractivity contribution in [3.05, 3.63) is 48.0 Å². The molecule has 2 aromatic carbocycles. The van der Waals surface area contributed by atoms with Gasteiger partial charge in [0.05, 0.1) is 17.2 Å². The third-order valence-corrected chi connectivity index (χ3v) is 4.88. The van der Waals surface area contributed by atoms with Crippen molar-refractivity contribution in [2.24, 2.45) is 0 Å². The molecule has 0 heterocycles. The van der Waals surface area contributed by atoms with E-state index in [9.17, 15) is 18.0 Å². The van der Waals surface area contributed by atoms with Crippen LogP contribution in [0.5, 0.6) is 5.75 Å². The maximum Gasteiger partial charge on any atom is 0.264 e. The van der Waals surface area contributed by atoms with Crippen LogP contribution in [0.2, 0.25) is 0 Å². The first kappa shape index (κ1) is 20.2. The lowest BCUT2D eigenvalue weighted by Crippen LogP contribution is -2.28. The first-order chi connectivity index (χ1) is 12.7. The molecule has 0 aliphatic carbocycles. The topological polar surface area (TPSA) is 128 Å². The van der Waals surface area contributed by atoms with Gasteiger partial charge in [0.1, 0.15) is 5.75 Å². The number of rotatable bonds is 7. The predicted octanol–water partition coefficient (Wildman–Crippen LogP) is 2.13. The third kappa shape index (κ3) is 5.45. The number of nitrogen functional groups attached to an aromatic ring is 1. The van der Waals surface area contributed by atoms with Crippen molar-refractivity contribution in [1.82, 2.24) is 4.72 Å². The molecule has 8 nitrogen and oxygen atoms in total. The molecule has 0 aliphatic rings. The van der Waals surface area contributed by atoms with Gasteiger partial charge in [-0.05, 0) is 48.9 Å². The van der Waals surface area contributed by atoms with Gasteiger partial charge in [0.25, 0.3) is 15.9 Å². The number of anilines is 2. The van der Waals surface area contributed by atoms with E-state index in [1.807, 2.05) is 11.6 Å². The SMILES string of the molecule is CCCOc1ccc(C(=O)Nc2ccc(S(=O)(=O)NC(C)=O)cc2)cc1N. The molecule has 4 N–H and O–H groups in total. The Morgan fingerprint density at radius 2 is 1.78 bits per heavy atom. The second-order valence-electron chi connectivity index (χ2n) is 5.74. The first-order valence-corrected chi connectivity index (χ1v) is 9.68. The normalized spacial score (nSPS) is 10.9. The molecule has 2 aromatic rings. The third-order valence-electron chi connectivity index (χ3n) is 3.43. The van der Waals surface area contributed by atoms with Crippen LogP contribution in [-0.2, 0) is 14.8 Å². The number of hydrogen-bond acceptors (Lipinski definition) is 6.